The Balaban J connectivity index is 1.73. The average molecular weight is 382 g/mol. The number of para-hydroxylation sites is 1. The van der Waals surface area contributed by atoms with Crippen molar-refractivity contribution in [3.8, 4) is 5.75 Å². The maximum atomic E-state index is 12.8. The molecule has 1 aromatic carbocycles. The van der Waals surface area contributed by atoms with Crippen molar-refractivity contribution >= 4 is 5.91 Å². The van der Waals surface area contributed by atoms with Gasteiger partial charge in [-0.15, -0.1) is 0 Å². The van der Waals surface area contributed by atoms with E-state index in [2.05, 4.69) is 15.6 Å². The fraction of sp³-hybridized carbons (Fsp3) is 0.381. The number of nitrogens with zero attached hydrogens (tertiary/aromatic N) is 3. The molecule has 0 saturated carbocycles. The zero-order valence-electron chi connectivity index (χ0n) is 16.9. The molecule has 0 fully saturated rings. The highest BCUT2D eigenvalue weighted by Gasteiger charge is 2.23. The van der Waals surface area contributed by atoms with Crippen LogP contribution in [0.25, 0.3) is 0 Å². The minimum Gasteiger partial charge on any atom is -0.488 e. The summed E-state index contributed by atoms with van der Waals surface area (Å²) in [6.07, 6.45) is 1.95. The Bertz CT molecular complexity index is 974. The Hall–Kier alpha value is -3.09. The normalized spacial score (nSPS) is 12.0. The molecule has 0 radical (unpaired) electrons. The van der Waals surface area contributed by atoms with Gasteiger partial charge in [0.05, 0.1) is 17.3 Å². The number of benzene rings is 1. The Kier molecular flexibility index (Phi) is 5.82. The third-order valence-corrected chi connectivity index (χ3v) is 4.79. The molecule has 0 aliphatic carbocycles. The molecule has 0 saturated heterocycles. The van der Waals surface area contributed by atoms with Crippen molar-refractivity contribution in [2.75, 3.05) is 0 Å². The summed E-state index contributed by atoms with van der Waals surface area (Å²) in [7, 11) is 0. The Morgan fingerprint density at radius 2 is 2.04 bits per heavy atom. The number of carbonyl (C=O) groups excluding carboxylic acids is 1. The van der Waals surface area contributed by atoms with E-state index in [0.29, 0.717) is 11.3 Å². The highest BCUT2D eigenvalue weighted by molar-refractivity contribution is 5.94. The first-order chi connectivity index (χ1) is 13.4. The summed E-state index contributed by atoms with van der Waals surface area (Å²) in [5, 5.41) is 11.4. The minimum atomic E-state index is -0.295. The third kappa shape index (κ3) is 4.08. The van der Waals surface area contributed by atoms with Crippen LogP contribution in [0.2, 0.25) is 0 Å². The summed E-state index contributed by atoms with van der Waals surface area (Å²) >= 11 is 0. The summed E-state index contributed by atoms with van der Waals surface area (Å²) in [4.78, 5) is 12.8. The number of amides is 1. The summed E-state index contributed by atoms with van der Waals surface area (Å²) in [5.41, 5.74) is 3.80. The van der Waals surface area contributed by atoms with Crippen LogP contribution in [-0.2, 0) is 13.2 Å². The van der Waals surface area contributed by atoms with Gasteiger partial charge in [-0.05, 0) is 46.2 Å². The van der Waals surface area contributed by atoms with Crippen LogP contribution in [0.3, 0.4) is 0 Å². The maximum absolute atomic E-state index is 12.8. The molecule has 1 atom stereocenters. The lowest BCUT2D eigenvalue weighted by atomic mass is 10.1. The SMILES string of the molecule is CCn1cc(C(C)NC(=O)c2noc(C)c2COc2ccccc2C)c(C)n1. The van der Waals surface area contributed by atoms with Crippen LogP contribution in [0, 0.1) is 20.8 Å². The van der Waals surface area contributed by atoms with E-state index in [9.17, 15) is 4.79 Å². The molecule has 1 unspecified atom stereocenters. The molecular weight excluding hydrogens is 356 g/mol. The molecule has 0 aliphatic rings. The summed E-state index contributed by atoms with van der Waals surface area (Å²) < 4.78 is 13.0. The van der Waals surface area contributed by atoms with Gasteiger partial charge in [0, 0.05) is 18.3 Å². The van der Waals surface area contributed by atoms with Crippen molar-refractivity contribution in [1.82, 2.24) is 20.3 Å². The van der Waals surface area contributed by atoms with E-state index in [4.69, 9.17) is 9.26 Å². The van der Waals surface area contributed by atoms with Gasteiger partial charge >= 0.3 is 0 Å². The summed E-state index contributed by atoms with van der Waals surface area (Å²) in [5.74, 6) is 1.04. The van der Waals surface area contributed by atoms with E-state index < -0.39 is 0 Å². The third-order valence-electron chi connectivity index (χ3n) is 4.79. The van der Waals surface area contributed by atoms with Crippen LogP contribution in [0.1, 0.15) is 58.5 Å². The van der Waals surface area contributed by atoms with Crippen LogP contribution >= 0.6 is 0 Å². The molecule has 7 heteroatoms. The molecule has 28 heavy (non-hydrogen) atoms. The average Bonchev–Trinajstić information content (AvgIpc) is 3.23. The molecule has 1 N–H and O–H groups in total. The van der Waals surface area contributed by atoms with Crippen LogP contribution in [-0.4, -0.2) is 20.8 Å². The van der Waals surface area contributed by atoms with E-state index in [1.165, 1.54) is 0 Å². The highest BCUT2D eigenvalue weighted by atomic mass is 16.5. The quantitative estimate of drug-likeness (QED) is 0.670. The largest absolute Gasteiger partial charge is 0.488 e. The van der Waals surface area contributed by atoms with Gasteiger partial charge in [0.1, 0.15) is 18.1 Å². The molecule has 3 rings (SSSR count). The van der Waals surface area contributed by atoms with Crippen LogP contribution in [0.15, 0.2) is 35.0 Å². The molecule has 2 aromatic heterocycles. The fourth-order valence-electron chi connectivity index (χ4n) is 3.07. The lowest BCUT2D eigenvalue weighted by molar-refractivity contribution is 0.0928. The van der Waals surface area contributed by atoms with E-state index in [1.54, 1.807) is 6.92 Å². The number of aromatic nitrogens is 3. The lowest BCUT2D eigenvalue weighted by Gasteiger charge is -2.13. The number of ether oxygens (including phenoxy) is 1. The Morgan fingerprint density at radius 1 is 1.29 bits per heavy atom. The number of hydrogen-bond donors (Lipinski definition) is 1. The molecular formula is C21H26N4O3. The Labute approximate surface area is 164 Å². The van der Waals surface area contributed by atoms with Crippen molar-refractivity contribution < 1.29 is 14.1 Å². The van der Waals surface area contributed by atoms with Gasteiger partial charge < -0.3 is 14.6 Å². The first kappa shape index (κ1) is 19.7. The van der Waals surface area contributed by atoms with E-state index >= 15 is 0 Å². The van der Waals surface area contributed by atoms with Crippen LogP contribution in [0.5, 0.6) is 5.75 Å². The highest BCUT2D eigenvalue weighted by Crippen LogP contribution is 2.22. The second kappa shape index (κ2) is 8.29. The van der Waals surface area contributed by atoms with E-state index in [-0.39, 0.29) is 24.2 Å². The first-order valence-electron chi connectivity index (χ1n) is 9.39. The molecule has 7 nitrogen and oxygen atoms in total. The van der Waals surface area contributed by atoms with Crippen molar-refractivity contribution in [1.29, 1.82) is 0 Å². The van der Waals surface area contributed by atoms with E-state index in [1.807, 2.05) is 62.8 Å². The fourth-order valence-corrected chi connectivity index (χ4v) is 3.07. The summed E-state index contributed by atoms with van der Waals surface area (Å²) in [6.45, 7) is 10.6. The number of rotatable bonds is 7. The Morgan fingerprint density at radius 3 is 2.71 bits per heavy atom. The summed E-state index contributed by atoms with van der Waals surface area (Å²) in [6, 6.07) is 7.54. The molecule has 148 valence electrons. The van der Waals surface area contributed by atoms with Crippen molar-refractivity contribution in [3.05, 3.63) is 64.3 Å². The van der Waals surface area contributed by atoms with Gasteiger partial charge in [0.15, 0.2) is 5.69 Å². The molecule has 3 aromatic rings. The van der Waals surface area contributed by atoms with Gasteiger partial charge in [0.25, 0.3) is 5.91 Å². The van der Waals surface area contributed by atoms with Gasteiger partial charge in [0.2, 0.25) is 0 Å². The van der Waals surface area contributed by atoms with E-state index in [0.717, 1.165) is 29.1 Å². The standard InChI is InChI=1S/C21H26N4O3/c1-6-25-11-17(15(4)23-25)14(3)22-21(26)20-18(16(5)28-24-20)12-27-19-10-8-7-9-13(19)2/h7-11,14H,6,12H2,1-5H3,(H,22,26). The van der Waals surface area contributed by atoms with Crippen molar-refractivity contribution in [2.24, 2.45) is 0 Å². The molecule has 0 spiro atoms. The van der Waals surface area contributed by atoms with Crippen molar-refractivity contribution in [2.45, 2.75) is 53.8 Å². The second-order valence-corrected chi connectivity index (χ2v) is 6.84. The van der Waals surface area contributed by atoms with Gasteiger partial charge in [-0.3, -0.25) is 9.48 Å². The molecule has 2 heterocycles. The molecule has 0 bridgehead atoms. The zero-order chi connectivity index (χ0) is 20.3. The number of hydrogen-bond acceptors (Lipinski definition) is 5. The van der Waals surface area contributed by atoms with Crippen molar-refractivity contribution in [3.63, 3.8) is 0 Å². The zero-order valence-corrected chi connectivity index (χ0v) is 16.9. The lowest BCUT2D eigenvalue weighted by Crippen LogP contribution is -2.28. The maximum Gasteiger partial charge on any atom is 0.274 e. The molecule has 1 amide bonds. The van der Waals surface area contributed by atoms with Gasteiger partial charge in [-0.1, -0.05) is 23.4 Å². The predicted molar refractivity (Wildman–Crippen MR) is 105 cm³/mol. The molecule has 0 aliphatic heterocycles. The number of aryl methyl sites for hydroxylation is 4. The first-order valence-corrected chi connectivity index (χ1v) is 9.39. The minimum absolute atomic E-state index is 0.199. The smallest absolute Gasteiger partial charge is 0.274 e. The number of nitrogens with one attached hydrogen (secondary N) is 1. The van der Waals surface area contributed by atoms with Crippen LogP contribution < -0.4 is 10.1 Å². The van der Waals surface area contributed by atoms with Gasteiger partial charge in [-0.25, -0.2) is 0 Å². The number of carbonyl (C=O) groups is 1. The monoisotopic (exact) mass is 382 g/mol. The van der Waals surface area contributed by atoms with Gasteiger partial charge in [-0.2, -0.15) is 5.10 Å². The predicted octanol–water partition coefficient (Wildman–Crippen LogP) is 3.89. The second-order valence-electron chi connectivity index (χ2n) is 6.84. The topological polar surface area (TPSA) is 82.2 Å². The van der Waals surface area contributed by atoms with Crippen LogP contribution in [0.4, 0.5) is 0 Å².